The molecule has 30 heavy (non-hydrogen) atoms. The summed E-state index contributed by atoms with van der Waals surface area (Å²) in [5.41, 5.74) is -1.34. The molecule has 2 N–H and O–H groups in total. The maximum atomic E-state index is 13.4. The summed E-state index contributed by atoms with van der Waals surface area (Å²) in [6.45, 7) is 0. The lowest BCUT2D eigenvalue weighted by atomic mass is 10.0. The molecule has 4 aromatic rings. The average Bonchev–Trinajstić information content (AvgIpc) is 3.09. The number of aromatic amines is 1. The van der Waals surface area contributed by atoms with Crippen LogP contribution in [0.3, 0.4) is 0 Å². The molecule has 0 spiro atoms. The largest absolute Gasteiger partial charge is 0.530 e. The summed E-state index contributed by atoms with van der Waals surface area (Å²) >= 11 is 0. The molecule has 10 heteroatoms. The van der Waals surface area contributed by atoms with Crippen molar-refractivity contribution in [1.82, 2.24) is 15.3 Å². The topological polar surface area (TPSA) is 111 Å². The lowest BCUT2D eigenvalue weighted by Crippen LogP contribution is -2.40. The Bertz CT molecular complexity index is 1310. The molecule has 0 aliphatic rings. The highest BCUT2D eigenvalue weighted by Crippen LogP contribution is 2.33. The Morgan fingerprint density at radius 1 is 1.17 bits per heavy atom. The minimum atomic E-state index is -4.76. The van der Waals surface area contributed by atoms with Gasteiger partial charge in [0.05, 0.1) is 16.5 Å². The summed E-state index contributed by atoms with van der Waals surface area (Å²) in [7, 11) is 0. The van der Waals surface area contributed by atoms with Crippen molar-refractivity contribution in [3.05, 3.63) is 76.1 Å². The third kappa shape index (κ3) is 3.59. The van der Waals surface area contributed by atoms with E-state index in [1.165, 1.54) is 0 Å². The van der Waals surface area contributed by atoms with E-state index in [-0.39, 0.29) is 11.8 Å². The van der Waals surface area contributed by atoms with Crippen LogP contribution in [0.25, 0.3) is 21.8 Å². The number of carboxylic acid groups (broad SMARTS) is 1. The first kappa shape index (κ1) is 19.5. The van der Waals surface area contributed by atoms with E-state index < -0.39 is 40.9 Å². The van der Waals surface area contributed by atoms with Gasteiger partial charge in [0, 0.05) is 23.5 Å². The van der Waals surface area contributed by atoms with Gasteiger partial charge in [0.25, 0.3) is 0 Å². The lowest BCUT2D eigenvalue weighted by Gasteiger charge is -2.19. The van der Waals surface area contributed by atoms with Gasteiger partial charge in [0.2, 0.25) is 5.89 Å². The number of hydrogen-bond acceptors (Lipinski definition) is 5. The van der Waals surface area contributed by atoms with E-state index >= 15 is 0 Å². The minimum absolute atomic E-state index is 0.0341. The van der Waals surface area contributed by atoms with Gasteiger partial charge < -0.3 is 24.6 Å². The molecule has 1 unspecified atom stereocenters. The number of carbonyl (C=O) groups is 1. The van der Waals surface area contributed by atoms with Crippen molar-refractivity contribution < 1.29 is 27.5 Å². The fraction of sp³-hybridized carbons (Fsp3) is 0.150. The van der Waals surface area contributed by atoms with E-state index in [0.717, 1.165) is 29.1 Å². The number of alkyl halides is 3. The van der Waals surface area contributed by atoms with E-state index in [0.29, 0.717) is 5.56 Å². The van der Waals surface area contributed by atoms with Crippen LogP contribution in [0.2, 0.25) is 0 Å². The Morgan fingerprint density at radius 2 is 1.90 bits per heavy atom. The Labute approximate surface area is 166 Å². The van der Waals surface area contributed by atoms with Gasteiger partial charge in [-0.2, -0.15) is 13.2 Å². The molecule has 0 saturated heterocycles. The first-order chi connectivity index (χ1) is 14.2. The quantitative estimate of drug-likeness (QED) is 0.532. The maximum Gasteiger partial charge on any atom is 0.418 e. The molecular formula is C20H13F3N3O4-. The van der Waals surface area contributed by atoms with Gasteiger partial charge in [0.15, 0.2) is 0 Å². The van der Waals surface area contributed by atoms with Gasteiger partial charge in [-0.25, -0.2) is 9.78 Å². The molecule has 4 rings (SSSR count). The van der Waals surface area contributed by atoms with E-state index in [1.807, 2.05) is 12.1 Å². The van der Waals surface area contributed by atoms with E-state index in [1.54, 1.807) is 18.3 Å². The summed E-state index contributed by atoms with van der Waals surface area (Å²) in [5.74, 6) is -0.487. The zero-order chi connectivity index (χ0) is 21.5. The van der Waals surface area contributed by atoms with Crippen molar-refractivity contribution in [2.75, 3.05) is 0 Å². The number of amides is 1. The monoisotopic (exact) mass is 416 g/mol. The number of benzene rings is 2. The first-order valence-electron chi connectivity index (χ1n) is 8.77. The normalized spacial score (nSPS) is 12.9. The number of para-hydroxylation sites is 2. The van der Waals surface area contributed by atoms with Gasteiger partial charge in [-0.05, 0) is 23.8 Å². The zero-order valence-electron chi connectivity index (χ0n) is 15.1. The van der Waals surface area contributed by atoms with E-state index in [4.69, 9.17) is 4.42 Å². The highest BCUT2D eigenvalue weighted by atomic mass is 19.4. The first-order valence-corrected chi connectivity index (χ1v) is 8.77. The standard InChI is InChI=1S/C20H14F3N3O4/c21-20(22,23)13-6-3-5-12-16(13)26-17(30-18(12)27)15(25-19(28)29)8-10-9-24-14-7-2-1-4-11(10)14/h1-7,9,15,24-25H,8H2,(H,28,29)/p-1. The SMILES string of the molecule is O=C([O-])NC(Cc1c[nH]c2ccccc12)c1nc2c(C(F)(F)F)cccc2c(=O)o1. The molecule has 0 fully saturated rings. The third-order valence-corrected chi connectivity index (χ3v) is 4.67. The summed E-state index contributed by atoms with van der Waals surface area (Å²) in [5, 5.41) is 13.7. The molecule has 154 valence electrons. The van der Waals surface area contributed by atoms with Crippen LogP contribution in [0.4, 0.5) is 18.0 Å². The van der Waals surface area contributed by atoms with Crippen molar-refractivity contribution in [1.29, 1.82) is 0 Å². The van der Waals surface area contributed by atoms with Gasteiger partial charge in [0.1, 0.15) is 12.1 Å². The Morgan fingerprint density at radius 3 is 2.63 bits per heavy atom. The molecule has 2 aromatic carbocycles. The number of carbonyl (C=O) groups excluding carboxylic acids is 1. The number of H-pyrrole nitrogens is 1. The molecule has 1 amide bonds. The van der Waals surface area contributed by atoms with Gasteiger partial charge >= 0.3 is 11.8 Å². The Balaban J connectivity index is 1.85. The van der Waals surface area contributed by atoms with Crippen LogP contribution >= 0.6 is 0 Å². The van der Waals surface area contributed by atoms with Crippen LogP contribution in [0, 0.1) is 0 Å². The fourth-order valence-corrected chi connectivity index (χ4v) is 3.35. The molecule has 2 heterocycles. The van der Waals surface area contributed by atoms with Crippen LogP contribution in [-0.4, -0.2) is 16.1 Å². The number of rotatable bonds is 4. The maximum absolute atomic E-state index is 13.4. The van der Waals surface area contributed by atoms with Crippen LogP contribution in [0.1, 0.15) is 23.1 Å². The van der Waals surface area contributed by atoms with Gasteiger partial charge in [-0.15, -0.1) is 0 Å². The molecule has 0 aliphatic carbocycles. The fourth-order valence-electron chi connectivity index (χ4n) is 3.35. The number of hydrogen-bond donors (Lipinski definition) is 2. The molecule has 1 atom stereocenters. The smallest absolute Gasteiger partial charge is 0.418 e. The molecule has 0 saturated carbocycles. The van der Waals surface area contributed by atoms with Crippen LogP contribution < -0.4 is 16.0 Å². The van der Waals surface area contributed by atoms with Crippen molar-refractivity contribution in [3.63, 3.8) is 0 Å². The predicted molar refractivity (Wildman–Crippen MR) is 98.6 cm³/mol. The Kier molecular flexibility index (Phi) is 4.69. The molecule has 7 nitrogen and oxygen atoms in total. The van der Waals surface area contributed by atoms with Crippen LogP contribution in [-0.2, 0) is 12.6 Å². The van der Waals surface area contributed by atoms with Gasteiger partial charge in [-0.3, -0.25) is 0 Å². The summed E-state index contributed by atoms with van der Waals surface area (Å²) in [6, 6.07) is 8.98. The predicted octanol–water partition coefficient (Wildman–Crippen LogP) is 2.90. The molecule has 2 aromatic heterocycles. The summed E-state index contributed by atoms with van der Waals surface area (Å²) < 4.78 is 45.2. The van der Waals surface area contributed by atoms with Crippen LogP contribution in [0.5, 0.6) is 0 Å². The van der Waals surface area contributed by atoms with E-state index in [9.17, 15) is 27.9 Å². The second-order valence-corrected chi connectivity index (χ2v) is 6.59. The van der Waals surface area contributed by atoms with Crippen LogP contribution in [0.15, 0.2) is 57.9 Å². The summed E-state index contributed by atoms with van der Waals surface area (Å²) in [6.07, 6.45) is -4.85. The number of fused-ring (bicyclic) bond motifs is 2. The number of nitrogens with one attached hydrogen (secondary N) is 2. The molecule has 0 aliphatic heterocycles. The lowest BCUT2D eigenvalue weighted by molar-refractivity contribution is -0.252. The number of nitrogens with zero attached hydrogens (tertiary/aromatic N) is 1. The van der Waals surface area contributed by atoms with Crippen molar-refractivity contribution in [3.8, 4) is 0 Å². The van der Waals surface area contributed by atoms with Crippen molar-refractivity contribution in [2.45, 2.75) is 18.6 Å². The minimum Gasteiger partial charge on any atom is -0.530 e. The zero-order valence-corrected chi connectivity index (χ0v) is 15.1. The number of aromatic nitrogens is 2. The Hall–Kier alpha value is -3.82. The second kappa shape index (κ2) is 7.21. The number of halogens is 3. The highest BCUT2D eigenvalue weighted by molar-refractivity contribution is 5.83. The molecule has 0 bridgehead atoms. The summed E-state index contributed by atoms with van der Waals surface area (Å²) in [4.78, 5) is 30.4. The van der Waals surface area contributed by atoms with Crippen molar-refractivity contribution >= 4 is 27.9 Å². The average molecular weight is 416 g/mol. The second-order valence-electron chi connectivity index (χ2n) is 6.59. The third-order valence-electron chi connectivity index (χ3n) is 4.67. The van der Waals surface area contributed by atoms with Gasteiger partial charge in [-0.1, -0.05) is 24.3 Å². The van der Waals surface area contributed by atoms with E-state index in [2.05, 4.69) is 15.3 Å². The van der Waals surface area contributed by atoms with Crippen molar-refractivity contribution in [2.24, 2.45) is 0 Å². The molecule has 0 radical (unpaired) electrons. The highest BCUT2D eigenvalue weighted by Gasteiger charge is 2.34. The molecular weight excluding hydrogens is 403 g/mol.